The van der Waals surface area contributed by atoms with Crippen LogP contribution in [0.25, 0.3) is 10.9 Å². The van der Waals surface area contributed by atoms with Crippen LogP contribution in [0, 0.1) is 11.6 Å². The van der Waals surface area contributed by atoms with Crippen molar-refractivity contribution in [1.82, 2.24) is 15.6 Å². The maximum atomic E-state index is 13.7. The van der Waals surface area contributed by atoms with Crippen LogP contribution in [0.3, 0.4) is 0 Å². The SMILES string of the molecule is O=C(NC1CNCC1O)c1cc2cc(Cl)c(F)c(F)c2[nH]1. The number of aromatic nitrogens is 1. The van der Waals surface area contributed by atoms with Crippen molar-refractivity contribution < 1.29 is 18.7 Å². The van der Waals surface area contributed by atoms with E-state index in [-0.39, 0.29) is 16.2 Å². The van der Waals surface area contributed by atoms with Crippen molar-refractivity contribution in [2.75, 3.05) is 13.1 Å². The maximum absolute atomic E-state index is 13.7. The number of hydrogen-bond acceptors (Lipinski definition) is 3. The van der Waals surface area contributed by atoms with Crippen LogP contribution in [-0.2, 0) is 0 Å². The van der Waals surface area contributed by atoms with Gasteiger partial charge in [-0.3, -0.25) is 4.79 Å². The van der Waals surface area contributed by atoms with Gasteiger partial charge >= 0.3 is 0 Å². The molecule has 0 spiro atoms. The molecule has 0 saturated carbocycles. The summed E-state index contributed by atoms with van der Waals surface area (Å²) >= 11 is 5.57. The Kier molecular flexibility index (Phi) is 3.56. The van der Waals surface area contributed by atoms with Crippen molar-refractivity contribution in [3.8, 4) is 0 Å². The third-order valence-corrected chi connectivity index (χ3v) is 3.77. The molecule has 0 radical (unpaired) electrons. The molecule has 112 valence electrons. The third-order valence-electron chi connectivity index (χ3n) is 3.50. The number of carbonyl (C=O) groups is 1. The number of hydrogen-bond donors (Lipinski definition) is 4. The predicted octanol–water partition coefficient (Wildman–Crippen LogP) is 1.16. The summed E-state index contributed by atoms with van der Waals surface area (Å²) in [5, 5.41) is 15.1. The summed E-state index contributed by atoms with van der Waals surface area (Å²) in [6.07, 6.45) is -0.679. The Labute approximate surface area is 123 Å². The fourth-order valence-electron chi connectivity index (χ4n) is 2.36. The summed E-state index contributed by atoms with van der Waals surface area (Å²) in [5.74, 6) is -2.79. The van der Waals surface area contributed by atoms with Crippen LogP contribution in [-0.4, -0.2) is 41.2 Å². The quantitative estimate of drug-likeness (QED) is 0.628. The van der Waals surface area contributed by atoms with E-state index in [1.165, 1.54) is 12.1 Å². The first-order chi connectivity index (χ1) is 9.97. The summed E-state index contributed by atoms with van der Waals surface area (Å²) in [6.45, 7) is 0.842. The molecule has 3 rings (SSSR count). The second-order valence-electron chi connectivity index (χ2n) is 4.94. The average molecular weight is 316 g/mol. The molecule has 1 aromatic heterocycles. The van der Waals surface area contributed by atoms with Gasteiger partial charge in [-0.25, -0.2) is 8.78 Å². The van der Waals surface area contributed by atoms with Gasteiger partial charge in [-0.1, -0.05) is 11.6 Å². The highest BCUT2D eigenvalue weighted by molar-refractivity contribution is 6.31. The second-order valence-corrected chi connectivity index (χ2v) is 5.35. The molecule has 8 heteroatoms. The first kappa shape index (κ1) is 14.2. The zero-order chi connectivity index (χ0) is 15.1. The van der Waals surface area contributed by atoms with Gasteiger partial charge in [0.05, 0.1) is 22.7 Å². The standard InChI is InChI=1S/C13H12ClF2N3O2/c14-6-1-5-2-7(18-12(5)11(16)10(6)15)13(21)19-8-3-17-4-9(8)20/h1-2,8-9,17-18,20H,3-4H2,(H,19,21). The lowest BCUT2D eigenvalue weighted by Crippen LogP contribution is -2.42. The molecular formula is C13H12ClF2N3O2. The summed E-state index contributed by atoms with van der Waals surface area (Å²) in [6, 6.07) is 2.21. The topological polar surface area (TPSA) is 77.2 Å². The molecule has 1 aromatic carbocycles. The largest absolute Gasteiger partial charge is 0.390 e. The number of fused-ring (bicyclic) bond motifs is 1. The van der Waals surface area contributed by atoms with Crippen LogP contribution in [0.1, 0.15) is 10.5 Å². The Morgan fingerprint density at radius 2 is 2.10 bits per heavy atom. The van der Waals surface area contributed by atoms with E-state index >= 15 is 0 Å². The molecule has 1 fully saturated rings. The molecule has 1 aliphatic heterocycles. The maximum Gasteiger partial charge on any atom is 0.268 e. The average Bonchev–Trinajstić information content (AvgIpc) is 3.03. The van der Waals surface area contributed by atoms with E-state index in [9.17, 15) is 18.7 Å². The normalized spacial score (nSPS) is 21.9. The van der Waals surface area contributed by atoms with Crippen molar-refractivity contribution in [2.45, 2.75) is 12.1 Å². The monoisotopic (exact) mass is 315 g/mol. The van der Waals surface area contributed by atoms with Gasteiger partial charge in [-0.05, 0) is 12.1 Å². The minimum absolute atomic E-state index is 0.0738. The third kappa shape index (κ3) is 2.48. The Bertz CT molecular complexity index is 719. The minimum Gasteiger partial charge on any atom is -0.390 e. The highest BCUT2D eigenvalue weighted by Gasteiger charge is 2.27. The van der Waals surface area contributed by atoms with Gasteiger partial charge < -0.3 is 20.7 Å². The smallest absolute Gasteiger partial charge is 0.268 e. The Morgan fingerprint density at radius 1 is 1.33 bits per heavy atom. The van der Waals surface area contributed by atoms with E-state index < -0.39 is 29.7 Å². The molecule has 1 amide bonds. The minimum atomic E-state index is -1.16. The molecule has 0 aliphatic carbocycles. The lowest BCUT2D eigenvalue weighted by atomic mass is 10.2. The highest BCUT2D eigenvalue weighted by Crippen LogP contribution is 2.27. The van der Waals surface area contributed by atoms with Gasteiger partial charge in [0.15, 0.2) is 11.6 Å². The van der Waals surface area contributed by atoms with Crippen LogP contribution >= 0.6 is 11.6 Å². The number of H-pyrrole nitrogens is 1. The van der Waals surface area contributed by atoms with Gasteiger partial charge in [-0.15, -0.1) is 0 Å². The number of aliphatic hydroxyl groups excluding tert-OH is 1. The second kappa shape index (κ2) is 5.25. The molecule has 2 heterocycles. The fraction of sp³-hybridized carbons (Fsp3) is 0.308. The molecule has 2 aromatic rings. The van der Waals surface area contributed by atoms with Crippen molar-refractivity contribution in [2.24, 2.45) is 0 Å². The number of rotatable bonds is 2. The first-order valence-corrected chi connectivity index (χ1v) is 6.71. The van der Waals surface area contributed by atoms with Gasteiger partial charge in [0.25, 0.3) is 5.91 Å². The zero-order valence-corrected chi connectivity index (χ0v) is 11.5. The summed E-state index contributed by atoms with van der Waals surface area (Å²) < 4.78 is 27.1. The molecule has 1 aliphatic rings. The Balaban J connectivity index is 1.90. The molecular weight excluding hydrogens is 304 g/mol. The van der Waals surface area contributed by atoms with E-state index in [1.54, 1.807) is 0 Å². The molecule has 21 heavy (non-hydrogen) atoms. The lowest BCUT2D eigenvalue weighted by molar-refractivity contribution is 0.0884. The predicted molar refractivity (Wildman–Crippen MR) is 73.4 cm³/mol. The fourth-order valence-corrected chi connectivity index (χ4v) is 2.56. The van der Waals surface area contributed by atoms with Crippen LogP contribution in [0.15, 0.2) is 12.1 Å². The molecule has 1 saturated heterocycles. The lowest BCUT2D eigenvalue weighted by Gasteiger charge is -2.14. The van der Waals surface area contributed by atoms with Crippen molar-refractivity contribution in [3.05, 3.63) is 34.5 Å². The van der Waals surface area contributed by atoms with E-state index in [0.29, 0.717) is 18.5 Å². The number of amides is 1. The summed E-state index contributed by atoms with van der Waals surface area (Å²) in [4.78, 5) is 14.6. The number of aliphatic hydroxyl groups is 1. The zero-order valence-electron chi connectivity index (χ0n) is 10.7. The van der Waals surface area contributed by atoms with E-state index in [2.05, 4.69) is 15.6 Å². The van der Waals surface area contributed by atoms with Crippen molar-refractivity contribution in [1.29, 1.82) is 0 Å². The van der Waals surface area contributed by atoms with Gasteiger partial charge in [0, 0.05) is 18.5 Å². The number of benzene rings is 1. The Morgan fingerprint density at radius 3 is 2.76 bits per heavy atom. The molecule has 2 unspecified atom stereocenters. The van der Waals surface area contributed by atoms with Gasteiger partial charge in [-0.2, -0.15) is 0 Å². The molecule has 0 bridgehead atoms. The van der Waals surface area contributed by atoms with Crippen LogP contribution in [0.2, 0.25) is 5.02 Å². The van der Waals surface area contributed by atoms with E-state index in [1.807, 2.05) is 0 Å². The van der Waals surface area contributed by atoms with Crippen molar-refractivity contribution in [3.63, 3.8) is 0 Å². The number of aromatic amines is 1. The highest BCUT2D eigenvalue weighted by atomic mass is 35.5. The first-order valence-electron chi connectivity index (χ1n) is 6.33. The van der Waals surface area contributed by atoms with Gasteiger partial charge in [0.1, 0.15) is 5.69 Å². The molecule has 4 N–H and O–H groups in total. The number of nitrogens with one attached hydrogen (secondary N) is 3. The van der Waals surface area contributed by atoms with Gasteiger partial charge in [0.2, 0.25) is 0 Å². The van der Waals surface area contributed by atoms with Crippen LogP contribution < -0.4 is 10.6 Å². The van der Waals surface area contributed by atoms with Crippen LogP contribution in [0.5, 0.6) is 0 Å². The summed E-state index contributed by atoms with van der Waals surface area (Å²) in [7, 11) is 0. The Hall–Kier alpha value is -1.70. The van der Waals surface area contributed by atoms with Crippen molar-refractivity contribution >= 4 is 28.4 Å². The van der Waals surface area contributed by atoms with E-state index in [0.717, 1.165) is 0 Å². The number of carbonyl (C=O) groups excluding carboxylic acids is 1. The van der Waals surface area contributed by atoms with Crippen LogP contribution in [0.4, 0.5) is 8.78 Å². The number of β-amino-alcohol motifs (C(OH)–C–C–N with tert-alkyl or cyclic N) is 1. The molecule has 5 nitrogen and oxygen atoms in total. The summed E-state index contributed by atoms with van der Waals surface area (Å²) in [5.41, 5.74) is -0.0446. The number of halogens is 3. The molecule has 2 atom stereocenters. The van der Waals surface area contributed by atoms with E-state index in [4.69, 9.17) is 11.6 Å².